The average molecular weight is 269 g/mol. The highest BCUT2D eigenvalue weighted by atomic mass is 16.3. The first-order valence-electron chi connectivity index (χ1n) is 6.90. The summed E-state index contributed by atoms with van der Waals surface area (Å²) in [5.41, 5.74) is 2.49. The van der Waals surface area contributed by atoms with Crippen LogP contribution < -0.4 is 4.90 Å². The molecule has 0 atom stereocenters. The van der Waals surface area contributed by atoms with Crippen molar-refractivity contribution >= 4 is 5.82 Å². The largest absolute Gasteiger partial charge is 0.472 e. The van der Waals surface area contributed by atoms with Gasteiger partial charge in [0.15, 0.2) is 0 Å². The first kappa shape index (κ1) is 12.9. The fourth-order valence-corrected chi connectivity index (χ4v) is 2.64. The van der Waals surface area contributed by atoms with Crippen molar-refractivity contribution in [1.82, 2.24) is 9.88 Å². The van der Waals surface area contributed by atoms with Gasteiger partial charge in [-0.3, -0.25) is 4.90 Å². The van der Waals surface area contributed by atoms with Crippen LogP contribution in [-0.2, 0) is 13.1 Å². The van der Waals surface area contributed by atoms with Gasteiger partial charge in [0.25, 0.3) is 0 Å². The predicted octanol–water partition coefficient (Wildman–Crippen LogP) is 2.68. The second-order valence-corrected chi connectivity index (χ2v) is 5.06. The molecule has 1 aliphatic rings. The van der Waals surface area contributed by atoms with E-state index in [0.29, 0.717) is 0 Å². The quantitative estimate of drug-likeness (QED) is 0.799. The summed E-state index contributed by atoms with van der Waals surface area (Å²) in [5, 5.41) is 0. The number of hydrogen-bond donors (Lipinski definition) is 0. The topological polar surface area (TPSA) is 32.5 Å². The molecule has 4 heteroatoms. The van der Waals surface area contributed by atoms with Crippen molar-refractivity contribution in [2.45, 2.75) is 13.1 Å². The van der Waals surface area contributed by atoms with E-state index in [2.05, 4.69) is 27.4 Å². The number of pyridine rings is 1. The molecule has 2 aromatic heterocycles. The first-order valence-corrected chi connectivity index (χ1v) is 6.90. The Morgan fingerprint density at radius 2 is 2.30 bits per heavy atom. The summed E-state index contributed by atoms with van der Waals surface area (Å²) in [6, 6.07) is 6.19. The van der Waals surface area contributed by atoms with E-state index < -0.39 is 0 Å². The fraction of sp³-hybridized carbons (Fsp3) is 0.312. The molecule has 0 spiro atoms. The normalized spacial score (nSPS) is 15.7. The maximum absolute atomic E-state index is 5.15. The summed E-state index contributed by atoms with van der Waals surface area (Å²) in [4.78, 5) is 9.26. The van der Waals surface area contributed by atoms with E-state index in [1.165, 1.54) is 11.1 Å². The maximum Gasteiger partial charge on any atom is 0.133 e. The molecule has 104 valence electrons. The zero-order chi connectivity index (χ0) is 13.8. The number of anilines is 1. The predicted molar refractivity (Wildman–Crippen MR) is 79.5 cm³/mol. The van der Waals surface area contributed by atoms with Crippen molar-refractivity contribution in [3.05, 3.63) is 60.7 Å². The fourth-order valence-electron chi connectivity index (χ4n) is 2.64. The van der Waals surface area contributed by atoms with Crippen LogP contribution in [0.25, 0.3) is 0 Å². The highest BCUT2D eigenvalue weighted by Crippen LogP contribution is 2.23. The number of rotatable bonds is 4. The van der Waals surface area contributed by atoms with Gasteiger partial charge < -0.3 is 9.32 Å². The van der Waals surface area contributed by atoms with Crippen LogP contribution in [0, 0.1) is 0 Å². The zero-order valence-corrected chi connectivity index (χ0v) is 11.5. The Labute approximate surface area is 119 Å². The molecule has 3 heterocycles. The van der Waals surface area contributed by atoms with Gasteiger partial charge in [-0.25, -0.2) is 4.98 Å². The minimum absolute atomic E-state index is 0.837. The SMILES string of the molecule is C=CCN1CCN(Cc2ccoc2)Cc2cccnc21. The van der Waals surface area contributed by atoms with E-state index in [0.717, 1.165) is 38.5 Å². The lowest BCUT2D eigenvalue weighted by atomic mass is 10.2. The summed E-state index contributed by atoms with van der Waals surface area (Å²) >= 11 is 0. The standard InChI is InChI=1S/C16H19N3O/c1-2-7-19-9-8-18(11-14-5-10-20-13-14)12-15-4-3-6-17-16(15)19/h2-6,10,13H,1,7-9,11-12H2. The summed E-state index contributed by atoms with van der Waals surface area (Å²) in [7, 11) is 0. The minimum Gasteiger partial charge on any atom is -0.472 e. The van der Waals surface area contributed by atoms with Crippen LogP contribution in [0.3, 0.4) is 0 Å². The molecule has 0 radical (unpaired) electrons. The van der Waals surface area contributed by atoms with Crippen molar-refractivity contribution in [2.75, 3.05) is 24.5 Å². The molecule has 20 heavy (non-hydrogen) atoms. The van der Waals surface area contributed by atoms with Crippen molar-refractivity contribution in [2.24, 2.45) is 0 Å². The van der Waals surface area contributed by atoms with Crippen molar-refractivity contribution in [3.8, 4) is 0 Å². The number of hydrogen-bond acceptors (Lipinski definition) is 4. The molecule has 0 fully saturated rings. The Balaban J connectivity index is 1.81. The third kappa shape index (κ3) is 2.75. The van der Waals surface area contributed by atoms with Gasteiger partial charge in [0, 0.05) is 50.0 Å². The summed E-state index contributed by atoms with van der Waals surface area (Å²) in [6.07, 6.45) is 7.34. The van der Waals surface area contributed by atoms with Crippen molar-refractivity contribution in [3.63, 3.8) is 0 Å². The lowest BCUT2D eigenvalue weighted by Gasteiger charge is -2.22. The molecule has 0 saturated carbocycles. The molecule has 4 nitrogen and oxygen atoms in total. The van der Waals surface area contributed by atoms with Crippen molar-refractivity contribution in [1.29, 1.82) is 0 Å². The molecular weight excluding hydrogens is 250 g/mol. The maximum atomic E-state index is 5.15. The van der Waals surface area contributed by atoms with E-state index in [1.54, 1.807) is 6.26 Å². The Hall–Kier alpha value is -2.07. The first-order chi connectivity index (χ1) is 9.86. The monoisotopic (exact) mass is 269 g/mol. The van der Waals surface area contributed by atoms with Gasteiger partial charge in [-0.1, -0.05) is 12.1 Å². The Bertz CT molecular complexity index is 565. The molecule has 3 rings (SSSR count). The number of nitrogens with zero attached hydrogens (tertiary/aromatic N) is 3. The lowest BCUT2D eigenvalue weighted by Crippen LogP contribution is -2.31. The molecule has 1 aliphatic heterocycles. The lowest BCUT2D eigenvalue weighted by molar-refractivity contribution is 0.268. The molecule has 2 aromatic rings. The van der Waals surface area contributed by atoms with Gasteiger partial charge in [-0.15, -0.1) is 6.58 Å². The van der Waals surface area contributed by atoms with E-state index >= 15 is 0 Å². The summed E-state index contributed by atoms with van der Waals surface area (Å²) in [5.74, 6) is 1.09. The second-order valence-electron chi connectivity index (χ2n) is 5.06. The third-order valence-electron chi connectivity index (χ3n) is 3.58. The second kappa shape index (κ2) is 5.92. The molecule has 0 amide bonds. The summed E-state index contributed by atoms with van der Waals surface area (Å²) in [6.45, 7) is 8.48. The van der Waals surface area contributed by atoms with Crippen molar-refractivity contribution < 1.29 is 4.42 Å². The molecule has 0 N–H and O–H groups in total. The van der Waals surface area contributed by atoms with E-state index in [4.69, 9.17) is 4.42 Å². The van der Waals surface area contributed by atoms with E-state index in [9.17, 15) is 0 Å². The number of fused-ring (bicyclic) bond motifs is 1. The average Bonchev–Trinajstić information content (AvgIpc) is 2.90. The van der Waals surface area contributed by atoms with Gasteiger partial charge in [0.2, 0.25) is 0 Å². The Kier molecular flexibility index (Phi) is 3.83. The van der Waals surface area contributed by atoms with Crippen LogP contribution in [0.4, 0.5) is 5.82 Å². The highest BCUT2D eigenvalue weighted by Gasteiger charge is 2.20. The smallest absolute Gasteiger partial charge is 0.133 e. The highest BCUT2D eigenvalue weighted by molar-refractivity contribution is 5.48. The summed E-state index contributed by atoms with van der Waals surface area (Å²) < 4.78 is 5.15. The Morgan fingerprint density at radius 3 is 3.10 bits per heavy atom. The van der Waals surface area contributed by atoms with E-state index in [-0.39, 0.29) is 0 Å². The number of furan rings is 1. The van der Waals surface area contributed by atoms with Crippen LogP contribution in [0.15, 0.2) is 54.0 Å². The van der Waals surface area contributed by atoms with Crippen LogP contribution in [-0.4, -0.2) is 29.5 Å². The van der Waals surface area contributed by atoms with Gasteiger partial charge in [-0.05, 0) is 12.1 Å². The third-order valence-corrected chi connectivity index (χ3v) is 3.58. The molecule has 0 aliphatic carbocycles. The molecular formula is C16H19N3O. The minimum atomic E-state index is 0.837. The molecule has 0 bridgehead atoms. The molecule has 0 saturated heterocycles. The number of aromatic nitrogens is 1. The van der Waals surface area contributed by atoms with Gasteiger partial charge in [0.05, 0.1) is 12.5 Å². The van der Waals surface area contributed by atoms with Gasteiger partial charge in [-0.2, -0.15) is 0 Å². The Morgan fingerprint density at radius 1 is 1.35 bits per heavy atom. The molecule has 0 aromatic carbocycles. The van der Waals surface area contributed by atoms with Gasteiger partial charge >= 0.3 is 0 Å². The zero-order valence-electron chi connectivity index (χ0n) is 11.5. The van der Waals surface area contributed by atoms with Crippen LogP contribution in [0.5, 0.6) is 0 Å². The molecule has 0 unspecified atom stereocenters. The van der Waals surface area contributed by atoms with Gasteiger partial charge in [0.1, 0.15) is 5.82 Å². The van der Waals surface area contributed by atoms with Crippen LogP contribution in [0.2, 0.25) is 0 Å². The van der Waals surface area contributed by atoms with Crippen LogP contribution in [0.1, 0.15) is 11.1 Å². The van der Waals surface area contributed by atoms with Crippen LogP contribution >= 0.6 is 0 Å². The van der Waals surface area contributed by atoms with E-state index in [1.807, 2.05) is 30.7 Å².